The van der Waals surface area contributed by atoms with Crippen LogP contribution in [0.3, 0.4) is 0 Å². The molecule has 0 aliphatic rings. The molecule has 2 N–H and O–H groups in total. The number of benzene rings is 2. The van der Waals surface area contributed by atoms with Crippen LogP contribution in [0.5, 0.6) is 11.5 Å². The fraction of sp³-hybridized carbons (Fsp3) is 0.118. The zero-order valence-electron chi connectivity index (χ0n) is 12.9. The van der Waals surface area contributed by atoms with Crippen molar-refractivity contribution >= 4 is 5.91 Å². The Kier molecular flexibility index (Phi) is 4.42. The third-order valence-corrected chi connectivity index (χ3v) is 3.32. The van der Waals surface area contributed by atoms with E-state index in [1.165, 1.54) is 0 Å². The number of para-hydroxylation sites is 2. The molecule has 3 aromatic rings. The predicted octanol–water partition coefficient (Wildman–Crippen LogP) is 2.42. The average Bonchev–Trinajstić information content (AvgIpc) is 3.09. The molecule has 7 heteroatoms. The molecule has 0 spiro atoms. The second kappa shape index (κ2) is 6.82. The maximum Gasteiger partial charge on any atom is 0.264 e. The number of ether oxygens (including phenoxy) is 2. The van der Waals surface area contributed by atoms with Crippen LogP contribution in [0.25, 0.3) is 11.4 Å². The van der Waals surface area contributed by atoms with Gasteiger partial charge in [0.05, 0.1) is 18.2 Å². The summed E-state index contributed by atoms with van der Waals surface area (Å²) in [7, 11) is 1.57. The summed E-state index contributed by atoms with van der Waals surface area (Å²) in [4.78, 5) is 15.6. The number of hydrogen-bond acceptors (Lipinski definition) is 6. The normalized spacial score (nSPS) is 10.4. The van der Waals surface area contributed by atoms with Gasteiger partial charge in [0.2, 0.25) is 5.82 Å². The van der Waals surface area contributed by atoms with Gasteiger partial charge in [-0.25, -0.2) is 0 Å². The topological polar surface area (TPSA) is 100 Å². The van der Waals surface area contributed by atoms with E-state index >= 15 is 0 Å². The lowest BCUT2D eigenvalue weighted by molar-refractivity contribution is 0.0995. The van der Waals surface area contributed by atoms with Crippen LogP contribution in [0.2, 0.25) is 0 Å². The third-order valence-electron chi connectivity index (χ3n) is 3.32. The smallest absolute Gasteiger partial charge is 0.264 e. The van der Waals surface area contributed by atoms with Gasteiger partial charge in [0.1, 0.15) is 11.5 Å². The summed E-state index contributed by atoms with van der Waals surface area (Å²) in [6.45, 7) is 0.0203. The van der Waals surface area contributed by atoms with Gasteiger partial charge in [0.15, 0.2) is 6.61 Å². The minimum atomic E-state index is -0.564. The first-order valence-corrected chi connectivity index (χ1v) is 7.16. The van der Waals surface area contributed by atoms with E-state index in [1.54, 1.807) is 31.4 Å². The quantitative estimate of drug-likeness (QED) is 0.747. The lowest BCUT2D eigenvalue weighted by Gasteiger charge is -2.06. The zero-order valence-corrected chi connectivity index (χ0v) is 12.9. The lowest BCUT2D eigenvalue weighted by Crippen LogP contribution is -2.12. The number of hydrogen-bond donors (Lipinski definition) is 1. The van der Waals surface area contributed by atoms with Crippen molar-refractivity contribution in [2.75, 3.05) is 7.11 Å². The molecule has 0 saturated heterocycles. The van der Waals surface area contributed by atoms with Crippen LogP contribution in [-0.2, 0) is 6.61 Å². The fourth-order valence-electron chi connectivity index (χ4n) is 2.19. The molecule has 0 bridgehead atoms. The molecule has 0 radical (unpaired) electrons. The first-order chi connectivity index (χ1) is 11.7. The molecule has 0 saturated carbocycles. The second-order valence-electron chi connectivity index (χ2n) is 4.86. The Hall–Kier alpha value is -3.35. The van der Waals surface area contributed by atoms with E-state index in [2.05, 4.69) is 10.1 Å². The summed E-state index contributed by atoms with van der Waals surface area (Å²) in [6, 6.07) is 14.0. The molecular weight excluding hydrogens is 310 g/mol. The van der Waals surface area contributed by atoms with Crippen LogP contribution in [-0.4, -0.2) is 23.2 Å². The van der Waals surface area contributed by atoms with Gasteiger partial charge in [-0.15, -0.1) is 0 Å². The highest BCUT2D eigenvalue weighted by Crippen LogP contribution is 2.27. The Labute approximate surface area is 138 Å². The maximum absolute atomic E-state index is 11.4. The summed E-state index contributed by atoms with van der Waals surface area (Å²) in [5.74, 6) is 1.11. The second-order valence-corrected chi connectivity index (χ2v) is 4.86. The minimum absolute atomic E-state index is 0.0203. The summed E-state index contributed by atoms with van der Waals surface area (Å²) >= 11 is 0. The van der Waals surface area contributed by atoms with E-state index < -0.39 is 5.91 Å². The van der Waals surface area contributed by atoms with Crippen molar-refractivity contribution in [1.29, 1.82) is 0 Å². The molecule has 0 aliphatic heterocycles. The van der Waals surface area contributed by atoms with Crippen molar-refractivity contribution in [3.63, 3.8) is 0 Å². The van der Waals surface area contributed by atoms with Gasteiger partial charge in [-0.3, -0.25) is 4.79 Å². The number of primary amides is 1. The van der Waals surface area contributed by atoms with Crippen molar-refractivity contribution < 1.29 is 18.8 Å². The highest BCUT2D eigenvalue weighted by atomic mass is 16.5. The predicted molar refractivity (Wildman–Crippen MR) is 85.6 cm³/mol. The van der Waals surface area contributed by atoms with Gasteiger partial charge in [-0.1, -0.05) is 29.4 Å². The number of nitrogens with zero attached hydrogens (tertiary/aromatic N) is 2. The number of amides is 1. The molecule has 7 nitrogen and oxygen atoms in total. The van der Waals surface area contributed by atoms with E-state index in [1.807, 2.05) is 24.3 Å². The zero-order chi connectivity index (χ0) is 16.9. The highest BCUT2D eigenvalue weighted by Gasteiger charge is 2.14. The van der Waals surface area contributed by atoms with Gasteiger partial charge in [0.25, 0.3) is 11.8 Å². The van der Waals surface area contributed by atoms with Crippen molar-refractivity contribution in [2.24, 2.45) is 5.73 Å². The van der Waals surface area contributed by atoms with Gasteiger partial charge in [-0.05, 0) is 24.3 Å². The van der Waals surface area contributed by atoms with E-state index in [9.17, 15) is 4.79 Å². The first-order valence-electron chi connectivity index (χ1n) is 7.16. The van der Waals surface area contributed by atoms with Crippen molar-refractivity contribution in [3.8, 4) is 22.9 Å². The Morgan fingerprint density at radius 3 is 2.58 bits per heavy atom. The lowest BCUT2D eigenvalue weighted by atomic mass is 10.2. The standard InChI is InChI=1S/C17H15N3O4/c1-22-13-8-4-3-7-12(13)17-19-15(24-20-17)10-23-14-9-5-2-6-11(14)16(18)21/h2-9H,10H2,1H3,(H2,18,21). The molecule has 1 aromatic heterocycles. The summed E-state index contributed by atoms with van der Waals surface area (Å²) in [5, 5.41) is 3.93. The van der Waals surface area contributed by atoms with Crippen LogP contribution in [0, 0.1) is 0 Å². The molecule has 1 heterocycles. The van der Waals surface area contributed by atoms with Crippen molar-refractivity contribution in [3.05, 3.63) is 60.0 Å². The third kappa shape index (κ3) is 3.19. The largest absolute Gasteiger partial charge is 0.496 e. The molecule has 24 heavy (non-hydrogen) atoms. The van der Waals surface area contributed by atoms with Gasteiger partial charge in [0, 0.05) is 0 Å². The van der Waals surface area contributed by atoms with Gasteiger partial charge in [-0.2, -0.15) is 4.98 Å². The average molecular weight is 325 g/mol. The Bertz CT molecular complexity index is 860. The van der Waals surface area contributed by atoms with Crippen LogP contribution < -0.4 is 15.2 Å². The monoisotopic (exact) mass is 325 g/mol. The van der Waals surface area contributed by atoms with E-state index in [0.717, 1.165) is 0 Å². The molecule has 0 aliphatic carbocycles. The van der Waals surface area contributed by atoms with Crippen LogP contribution in [0.15, 0.2) is 53.1 Å². The molecule has 2 aromatic carbocycles. The fourth-order valence-corrected chi connectivity index (χ4v) is 2.19. The number of nitrogens with two attached hydrogens (primary N) is 1. The minimum Gasteiger partial charge on any atom is -0.496 e. The number of carbonyl (C=O) groups is 1. The Morgan fingerprint density at radius 2 is 1.83 bits per heavy atom. The van der Waals surface area contributed by atoms with Crippen LogP contribution in [0.4, 0.5) is 0 Å². The van der Waals surface area contributed by atoms with Crippen LogP contribution >= 0.6 is 0 Å². The summed E-state index contributed by atoms with van der Waals surface area (Å²) in [6.07, 6.45) is 0. The summed E-state index contributed by atoms with van der Waals surface area (Å²) in [5.41, 5.74) is 6.32. The summed E-state index contributed by atoms with van der Waals surface area (Å²) < 4.78 is 16.0. The van der Waals surface area contributed by atoms with E-state index in [-0.39, 0.29) is 12.5 Å². The first kappa shape index (κ1) is 15.5. The van der Waals surface area contributed by atoms with Crippen LogP contribution in [0.1, 0.15) is 16.2 Å². The molecular formula is C17H15N3O4. The molecule has 0 fully saturated rings. The number of rotatable bonds is 6. The van der Waals surface area contributed by atoms with E-state index in [4.69, 9.17) is 19.7 Å². The number of aromatic nitrogens is 2. The van der Waals surface area contributed by atoms with E-state index in [0.29, 0.717) is 28.5 Å². The molecule has 0 unspecified atom stereocenters. The number of carbonyl (C=O) groups excluding carboxylic acids is 1. The maximum atomic E-state index is 11.4. The highest BCUT2D eigenvalue weighted by molar-refractivity contribution is 5.95. The molecule has 1 amide bonds. The molecule has 3 rings (SSSR count). The van der Waals surface area contributed by atoms with Gasteiger partial charge < -0.3 is 19.7 Å². The van der Waals surface area contributed by atoms with Gasteiger partial charge >= 0.3 is 0 Å². The molecule has 122 valence electrons. The molecule has 0 atom stereocenters. The van der Waals surface area contributed by atoms with Crippen molar-refractivity contribution in [2.45, 2.75) is 6.61 Å². The Morgan fingerprint density at radius 1 is 1.12 bits per heavy atom. The van der Waals surface area contributed by atoms with Crippen molar-refractivity contribution in [1.82, 2.24) is 10.1 Å². The SMILES string of the molecule is COc1ccccc1-c1noc(COc2ccccc2C(N)=O)n1. The number of methoxy groups -OCH3 is 1. The Balaban J connectivity index is 1.77.